The number of aromatic hydroxyl groups is 4. The van der Waals surface area contributed by atoms with Crippen LogP contribution < -0.4 is 5.32 Å². The lowest BCUT2D eigenvalue weighted by molar-refractivity contribution is 0.422. The minimum absolute atomic E-state index is 0.246. The van der Waals surface area contributed by atoms with Crippen molar-refractivity contribution < 1.29 is 20.4 Å². The van der Waals surface area contributed by atoms with E-state index in [1.165, 1.54) is 11.1 Å². The highest BCUT2D eigenvalue weighted by Gasteiger charge is 2.30. The van der Waals surface area contributed by atoms with Crippen LogP contribution >= 0.6 is 0 Å². The van der Waals surface area contributed by atoms with Gasteiger partial charge < -0.3 is 25.7 Å². The van der Waals surface area contributed by atoms with Gasteiger partial charge in [0.2, 0.25) is 0 Å². The van der Waals surface area contributed by atoms with E-state index >= 15 is 0 Å². The maximum atomic E-state index is 11.8. The first-order chi connectivity index (χ1) is 34.2. The van der Waals surface area contributed by atoms with Crippen molar-refractivity contribution in [1.29, 1.82) is 0 Å². The van der Waals surface area contributed by atoms with Crippen LogP contribution in [0.5, 0.6) is 23.0 Å². The lowest BCUT2D eigenvalue weighted by atomic mass is 9.77. The van der Waals surface area contributed by atoms with Crippen molar-refractivity contribution in [3.63, 3.8) is 0 Å². The second-order valence-corrected chi connectivity index (χ2v) is 29.2. The molecule has 0 aliphatic carbocycles. The largest absolute Gasteiger partial charge is 0.507 e. The number of anilines is 2. The zero-order chi connectivity index (χ0) is 56.3. The third-order valence-corrected chi connectivity index (χ3v) is 15.0. The Hall–Kier alpha value is -5.68. The second kappa shape index (κ2) is 20.7. The minimum atomic E-state index is -0.282. The predicted molar refractivity (Wildman–Crippen MR) is 320 cm³/mol. The molecule has 75 heavy (non-hydrogen) atoms. The van der Waals surface area contributed by atoms with Gasteiger partial charge in [-0.05, 0) is 171 Å². The summed E-state index contributed by atoms with van der Waals surface area (Å²) < 4.78 is 0. The van der Waals surface area contributed by atoms with E-state index in [4.69, 9.17) is 0 Å². The van der Waals surface area contributed by atoms with Gasteiger partial charge in [0.1, 0.15) is 23.0 Å². The van der Waals surface area contributed by atoms with Gasteiger partial charge in [-0.2, -0.15) is 0 Å². The molecule has 0 atom stereocenters. The highest BCUT2D eigenvalue weighted by atomic mass is 16.3. The molecule has 5 heteroatoms. The summed E-state index contributed by atoms with van der Waals surface area (Å²) in [5, 5.41) is 50.6. The molecule has 0 unspecified atom stereocenters. The van der Waals surface area contributed by atoms with Gasteiger partial charge in [0, 0.05) is 11.4 Å². The number of rotatable bonds is 11. The molecule has 0 saturated heterocycles. The topological polar surface area (TPSA) is 93.0 Å². The second-order valence-electron chi connectivity index (χ2n) is 29.2. The van der Waals surface area contributed by atoms with Crippen LogP contribution in [0.3, 0.4) is 0 Å². The lowest BCUT2D eigenvalue weighted by Gasteiger charge is -2.29. The maximum absolute atomic E-state index is 11.8. The lowest BCUT2D eigenvalue weighted by Crippen LogP contribution is -2.18. The SMILES string of the molecule is CCc1cc(Cc2cc(Cc3cc(C(C)(C)C)c(O)c(C(C)(C)C)c3)ccc2Nc2ccc(Cc3cc(C(C)(C)C)c(O)c(C(C)(C)C)c3)cc2Cc2cc(C(C)(C)C)c(O)c(C(C)(C)C)c2)cc(C(C)(C)C)c1O. The molecule has 0 aliphatic rings. The monoisotopic (exact) mass is 1010 g/mol. The first kappa shape index (κ1) is 58.6. The fraction of sp³-hybridized carbons (Fsp3) is 0.486. The van der Waals surface area contributed by atoms with Crippen LogP contribution in [0, 0.1) is 0 Å². The number of hydrogen-bond acceptors (Lipinski definition) is 5. The van der Waals surface area contributed by atoms with Crippen LogP contribution in [0.1, 0.15) is 241 Å². The third kappa shape index (κ3) is 13.7. The van der Waals surface area contributed by atoms with E-state index in [-0.39, 0.29) is 37.9 Å². The summed E-state index contributed by atoms with van der Waals surface area (Å²) in [7, 11) is 0. The molecule has 0 fully saturated rings. The Kier molecular flexibility index (Phi) is 16.2. The standard InChI is InChI=1S/C70H95NO4/c1-23-48-32-46(39-51(60(48)72)64(2,3)4)33-49-30-42(28-44-35-52(65(5,6)7)61(73)53(36-44)66(8,9)10)24-26-58(49)71-59-27-25-43(29-45-37-54(67(11,12)13)62(74)55(38-45)68(14,15)16)31-50(59)34-47-40-56(69(17,18)19)63(75)57(41-47)70(20,21)22/h24-27,30-32,35-41,71-75H,23,28-29,33-34H2,1-22H3. The normalized spacial score (nSPS) is 13.1. The molecular weight excluding hydrogens is 919 g/mol. The average Bonchev–Trinajstić information content (AvgIpc) is 3.24. The summed E-state index contributed by atoms with van der Waals surface area (Å²) >= 11 is 0. The van der Waals surface area contributed by atoms with Gasteiger partial charge in [-0.25, -0.2) is 0 Å². The van der Waals surface area contributed by atoms with Gasteiger partial charge in [-0.3, -0.25) is 0 Å². The molecular formula is C70H95NO4. The molecule has 6 aromatic rings. The Morgan fingerprint density at radius 3 is 0.760 bits per heavy atom. The Morgan fingerprint density at radius 1 is 0.280 bits per heavy atom. The van der Waals surface area contributed by atoms with Gasteiger partial charge in [0.25, 0.3) is 0 Å². The maximum Gasteiger partial charge on any atom is 0.123 e. The van der Waals surface area contributed by atoms with Gasteiger partial charge in [0.15, 0.2) is 0 Å². The summed E-state index contributed by atoms with van der Waals surface area (Å²) in [6.45, 7) is 47.6. The van der Waals surface area contributed by atoms with E-state index in [1.54, 1.807) is 0 Å². The highest BCUT2D eigenvalue weighted by Crippen LogP contribution is 2.45. The van der Waals surface area contributed by atoms with Crippen molar-refractivity contribution in [2.24, 2.45) is 0 Å². The molecule has 0 aliphatic heterocycles. The summed E-state index contributed by atoms with van der Waals surface area (Å²) in [5.74, 6) is 1.53. The molecule has 0 aromatic heterocycles. The molecule has 5 nitrogen and oxygen atoms in total. The van der Waals surface area contributed by atoms with Crippen LogP contribution in [0.25, 0.3) is 0 Å². The molecule has 6 rings (SSSR count). The van der Waals surface area contributed by atoms with Gasteiger partial charge in [-0.15, -0.1) is 0 Å². The van der Waals surface area contributed by atoms with Crippen molar-refractivity contribution in [3.05, 3.63) is 174 Å². The Labute approximate surface area is 454 Å². The number of phenolic OH excluding ortho intramolecular Hbond substituents is 4. The fourth-order valence-corrected chi connectivity index (χ4v) is 10.6. The number of phenols is 4. The summed E-state index contributed by atoms with van der Waals surface area (Å²) in [5.41, 5.74) is 17.0. The molecule has 0 bridgehead atoms. The zero-order valence-corrected chi connectivity index (χ0v) is 50.4. The third-order valence-electron chi connectivity index (χ3n) is 15.0. The zero-order valence-electron chi connectivity index (χ0n) is 50.4. The molecule has 0 heterocycles. The van der Waals surface area contributed by atoms with E-state index in [2.05, 4.69) is 243 Å². The number of benzene rings is 6. The van der Waals surface area contributed by atoms with Crippen molar-refractivity contribution in [1.82, 2.24) is 0 Å². The van der Waals surface area contributed by atoms with Crippen LogP contribution in [-0.2, 0) is 70.0 Å². The quantitative estimate of drug-likeness (QED) is 0.0892. The van der Waals surface area contributed by atoms with Crippen LogP contribution in [0.4, 0.5) is 11.4 Å². The van der Waals surface area contributed by atoms with Crippen molar-refractivity contribution in [3.8, 4) is 23.0 Å². The Bertz CT molecular complexity index is 2960. The van der Waals surface area contributed by atoms with Gasteiger partial charge in [0.05, 0.1) is 0 Å². The molecule has 0 amide bonds. The molecule has 6 aromatic carbocycles. The molecule has 0 radical (unpaired) electrons. The number of aryl methyl sites for hydroxylation is 1. The van der Waals surface area contributed by atoms with E-state index < -0.39 is 0 Å². The molecule has 404 valence electrons. The fourth-order valence-electron chi connectivity index (χ4n) is 10.6. The van der Waals surface area contributed by atoms with Crippen molar-refractivity contribution in [2.45, 2.75) is 222 Å². The summed E-state index contributed by atoms with van der Waals surface area (Å²) in [6.07, 6.45) is 3.39. The molecule has 0 saturated carbocycles. The predicted octanol–water partition coefficient (Wildman–Crippen LogP) is 18.3. The van der Waals surface area contributed by atoms with E-state index in [0.29, 0.717) is 48.7 Å². The van der Waals surface area contributed by atoms with Crippen molar-refractivity contribution in [2.75, 3.05) is 5.32 Å². The van der Waals surface area contributed by atoms with Crippen LogP contribution in [0.15, 0.2) is 84.9 Å². The highest BCUT2D eigenvalue weighted by molar-refractivity contribution is 5.69. The van der Waals surface area contributed by atoms with Gasteiger partial charge in [-0.1, -0.05) is 225 Å². The van der Waals surface area contributed by atoms with Crippen molar-refractivity contribution >= 4 is 11.4 Å². The molecule has 5 N–H and O–H groups in total. The first-order valence-electron chi connectivity index (χ1n) is 27.6. The number of nitrogens with one attached hydrogen (secondary N) is 1. The molecule has 0 spiro atoms. The van der Waals surface area contributed by atoms with Gasteiger partial charge >= 0.3 is 0 Å². The number of hydrogen-bond donors (Lipinski definition) is 5. The van der Waals surface area contributed by atoms with E-state index in [9.17, 15) is 20.4 Å². The Balaban J connectivity index is 1.57. The first-order valence-corrected chi connectivity index (χ1v) is 27.6. The van der Waals surface area contributed by atoms with Crippen LogP contribution in [-0.4, -0.2) is 20.4 Å². The van der Waals surface area contributed by atoms with Crippen LogP contribution in [0.2, 0.25) is 0 Å². The Morgan fingerprint density at radius 2 is 0.507 bits per heavy atom. The summed E-state index contributed by atoms with van der Waals surface area (Å²) in [4.78, 5) is 0. The van der Waals surface area contributed by atoms with E-state index in [0.717, 1.165) is 95.7 Å². The average molecular weight is 1010 g/mol. The minimum Gasteiger partial charge on any atom is -0.507 e. The van der Waals surface area contributed by atoms with E-state index in [1.807, 2.05) is 0 Å². The summed E-state index contributed by atoms with van der Waals surface area (Å²) in [6, 6.07) is 31.2. The smallest absolute Gasteiger partial charge is 0.123 e.